The molecule has 0 unspecified atom stereocenters. The largest absolute Gasteiger partial charge is 0.435 e. The van der Waals surface area contributed by atoms with Crippen molar-refractivity contribution in [2.45, 2.75) is 11.8 Å². The number of rotatable bonds is 7. The second kappa shape index (κ2) is 9.23. The van der Waals surface area contributed by atoms with Gasteiger partial charge in [-0.25, -0.2) is 14.4 Å². The first kappa shape index (κ1) is 19.7. The Morgan fingerprint density at radius 3 is 2.46 bits per heavy atom. The van der Waals surface area contributed by atoms with Crippen LogP contribution in [-0.2, 0) is 4.79 Å². The van der Waals surface area contributed by atoms with E-state index >= 15 is 0 Å². The number of alkyl halides is 2. The van der Waals surface area contributed by atoms with Crippen LogP contribution < -0.4 is 10.1 Å². The van der Waals surface area contributed by atoms with Crippen molar-refractivity contribution in [3.63, 3.8) is 0 Å². The minimum Gasteiger partial charge on any atom is -0.435 e. The van der Waals surface area contributed by atoms with Gasteiger partial charge in [0.2, 0.25) is 5.91 Å². The molecule has 0 saturated heterocycles. The molecule has 0 atom stereocenters. The van der Waals surface area contributed by atoms with E-state index in [0.717, 1.165) is 17.3 Å². The average Bonchev–Trinajstić information content (AvgIpc) is 2.68. The van der Waals surface area contributed by atoms with Gasteiger partial charge < -0.3 is 10.1 Å². The molecule has 0 spiro atoms. The van der Waals surface area contributed by atoms with Crippen molar-refractivity contribution in [3.05, 3.63) is 66.6 Å². The first-order valence-electron chi connectivity index (χ1n) is 8.06. The molecule has 144 valence electrons. The number of nitrogens with one attached hydrogen (secondary N) is 1. The van der Waals surface area contributed by atoms with Gasteiger partial charge in [0.05, 0.1) is 11.4 Å². The second-order valence-corrected chi connectivity index (χ2v) is 6.41. The number of amides is 1. The summed E-state index contributed by atoms with van der Waals surface area (Å²) in [5.74, 6) is -0.572. The Kier molecular flexibility index (Phi) is 6.49. The Balaban J connectivity index is 1.56. The number of nitrogens with zero attached hydrogens (tertiary/aromatic N) is 2. The molecular formula is C19H14F3N3O2S. The van der Waals surface area contributed by atoms with E-state index in [1.54, 1.807) is 24.4 Å². The van der Waals surface area contributed by atoms with Gasteiger partial charge in [-0.05, 0) is 54.6 Å². The Morgan fingerprint density at radius 2 is 1.79 bits per heavy atom. The number of carbonyl (C=O) groups is 1. The zero-order valence-electron chi connectivity index (χ0n) is 14.3. The molecule has 0 saturated carbocycles. The molecule has 0 aliphatic rings. The summed E-state index contributed by atoms with van der Waals surface area (Å²) < 4.78 is 41.5. The molecule has 0 bridgehead atoms. The zero-order valence-corrected chi connectivity index (χ0v) is 15.1. The lowest BCUT2D eigenvalue weighted by Gasteiger charge is -2.07. The summed E-state index contributed by atoms with van der Waals surface area (Å²) >= 11 is 1.14. The van der Waals surface area contributed by atoms with E-state index in [4.69, 9.17) is 0 Å². The number of ether oxygens (including phenoxy) is 1. The van der Waals surface area contributed by atoms with E-state index in [1.165, 1.54) is 36.4 Å². The number of halogens is 3. The molecule has 5 nitrogen and oxygen atoms in total. The van der Waals surface area contributed by atoms with Crippen molar-refractivity contribution >= 4 is 23.4 Å². The van der Waals surface area contributed by atoms with Crippen LogP contribution in [0.4, 0.5) is 18.9 Å². The zero-order chi connectivity index (χ0) is 19.9. The molecule has 2 aromatic carbocycles. The number of thioether (sulfide) groups is 1. The maximum absolute atomic E-state index is 13.0. The molecule has 0 radical (unpaired) electrons. The third kappa shape index (κ3) is 5.71. The number of benzene rings is 2. The summed E-state index contributed by atoms with van der Waals surface area (Å²) in [6.07, 6.45) is 1.56. The van der Waals surface area contributed by atoms with Crippen molar-refractivity contribution in [2.75, 3.05) is 11.1 Å². The van der Waals surface area contributed by atoms with Crippen LogP contribution in [0.2, 0.25) is 0 Å². The van der Waals surface area contributed by atoms with Gasteiger partial charge in [-0.2, -0.15) is 8.78 Å². The van der Waals surface area contributed by atoms with E-state index in [0.29, 0.717) is 16.5 Å². The topological polar surface area (TPSA) is 64.1 Å². The predicted octanol–water partition coefficient (Wildman–Crippen LogP) is 4.61. The summed E-state index contributed by atoms with van der Waals surface area (Å²) in [5, 5.41) is 3.05. The predicted molar refractivity (Wildman–Crippen MR) is 99.9 cm³/mol. The van der Waals surface area contributed by atoms with Gasteiger partial charge >= 0.3 is 6.61 Å². The van der Waals surface area contributed by atoms with E-state index in [9.17, 15) is 18.0 Å². The number of anilines is 1. The molecule has 3 aromatic rings. The fourth-order valence-corrected chi connectivity index (χ4v) is 2.87. The average molecular weight is 405 g/mol. The fourth-order valence-electron chi connectivity index (χ4n) is 2.24. The Hall–Kier alpha value is -3.07. The van der Waals surface area contributed by atoms with Crippen LogP contribution in [0, 0.1) is 5.82 Å². The van der Waals surface area contributed by atoms with E-state index in [1.807, 2.05) is 0 Å². The summed E-state index contributed by atoms with van der Waals surface area (Å²) in [5.41, 5.74) is 1.81. The molecule has 1 aromatic heterocycles. The van der Waals surface area contributed by atoms with Gasteiger partial charge in [-0.1, -0.05) is 11.8 Å². The van der Waals surface area contributed by atoms with Crippen LogP contribution in [0.1, 0.15) is 0 Å². The normalized spacial score (nSPS) is 10.7. The lowest BCUT2D eigenvalue weighted by molar-refractivity contribution is -0.113. The number of aromatic nitrogens is 2. The van der Waals surface area contributed by atoms with Crippen LogP contribution >= 0.6 is 11.8 Å². The minimum absolute atomic E-state index is 0.00776. The monoisotopic (exact) mass is 405 g/mol. The van der Waals surface area contributed by atoms with Gasteiger partial charge in [-0.3, -0.25) is 4.79 Å². The van der Waals surface area contributed by atoms with E-state index < -0.39 is 6.61 Å². The Labute approximate surface area is 163 Å². The summed E-state index contributed by atoms with van der Waals surface area (Å²) in [6, 6.07) is 13.2. The van der Waals surface area contributed by atoms with Crippen LogP contribution in [0.3, 0.4) is 0 Å². The van der Waals surface area contributed by atoms with Gasteiger partial charge in [-0.15, -0.1) is 0 Å². The first-order valence-corrected chi connectivity index (χ1v) is 9.05. The molecule has 0 aliphatic heterocycles. The first-order chi connectivity index (χ1) is 13.5. The van der Waals surface area contributed by atoms with Crippen molar-refractivity contribution in [1.82, 2.24) is 9.97 Å². The highest BCUT2D eigenvalue weighted by Gasteiger charge is 2.09. The third-order valence-electron chi connectivity index (χ3n) is 3.47. The van der Waals surface area contributed by atoms with Gasteiger partial charge in [0.1, 0.15) is 11.6 Å². The Bertz CT molecular complexity index is 938. The number of hydrogen-bond acceptors (Lipinski definition) is 5. The van der Waals surface area contributed by atoms with Crippen molar-refractivity contribution in [1.29, 1.82) is 0 Å². The van der Waals surface area contributed by atoms with E-state index in [-0.39, 0.29) is 23.2 Å². The van der Waals surface area contributed by atoms with Crippen molar-refractivity contribution < 1.29 is 22.7 Å². The quantitative estimate of drug-likeness (QED) is 0.459. The number of carbonyl (C=O) groups excluding carboxylic acids is 1. The van der Waals surface area contributed by atoms with Crippen molar-refractivity contribution in [3.8, 4) is 17.0 Å². The van der Waals surface area contributed by atoms with Gasteiger partial charge in [0.25, 0.3) is 0 Å². The lowest BCUT2D eigenvalue weighted by Crippen LogP contribution is -2.14. The van der Waals surface area contributed by atoms with Crippen LogP contribution in [-0.4, -0.2) is 28.2 Å². The summed E-state index contributed by atoms with van der Waals surface area (Å²) in [7, 11) is 0. The molecule has 1 N–H and O–H groups in total. The molecule has 3 rings (SSSR count). The molecule has 28 heavy (non-hydrogen) atoms. The third-order valence-corrected chi connectivity index (χ3v) is 4.33. The maximum Gasteiger partial charge on any atom is 0.387 e. The van der Waals surface area contributed by atoms with Crippen LogP contribution in [0.15, 0.2) is 66.0 Å². The lowest BCUT2D eigenvalue weighted by atomic mass is 10.1. The molecule has 0 aliphatic carbocycles. The van der Waals surface area contributed by atoms with Crippen LogP contribution in [0.5, 0.6) is 5.75 Å². The molecule has 9 heteroatoms. The highest BCUT2D eigenvalue weighted by molar-refractivity contribution is 7.99. The van der Waals surface area contributed by atoms with E-state index in [2.05, 4.69) is 20.0 Å². The highest BCUT2D eigenvalue weighted by atomic mass is 32.2. The summed E-state index contributed by atoms with van der Waals surface area (Å²) in [6.45, 7) is -2.90. The van der Waals surface area contributed by atoms with Gasteiger partial charge in [0, 0.05) is 17.4 Å². The minimum atomic E-state index is -2.90. The van der Waals surface area contributed by atoms with Crippen LogP contribution in [0.25, 0.3) is 11.3 Å². The highest BCUT2D eigenvalue weighted by Crippen LogP contribution is 2.21. The molecule has 1 amide bonds. The number of hydrogen-bond donors (Lipinski definition) is 1. The van der Waals surface area contributed by atoms with Gasteiger partial charge in [0.15, 0.2) is 5.16 Å². The summed E-state index contributed by atoms with van der Waals surface area (Å²) in [4.78, 5) is 20.5. The maximum atomic E-state index is 13.0. The smallest absolute Gasteiger partial charge is 0.387 e. The molecule has 0 fully saturated rings. The Morgan fingerprint density at radius 1 is 1.07 bits per heavy atom. The second-order valence-electron chi connectivity index (χ2n) is 5.47. The molecule has 1 heterocycles. The van der Waals surface area contributed by atoms with Crippen molar-refractivity contribution in [2.24, 2.45) is 0 Å². The fraction of sp³-hybridized carbons (Fsp3) is 0.105. The SMILES string of the molecule is O=C(CSc1nccc(-c2ccc(F)cc2)n1)Nc1ccc(OC(F)F)cc1. The molecular weight excluding hydrogens is 391 g/mol. The standard InChI is InChI=1S/C19H14F3N3O2S/c20-13-3-1-12(2-4-13)16-9-10-23-19(25-16)28-11-17(26)24-14-5-7-15(8-6-14)27-18(21)22/h1-10,18H,11H2,(H,24,26).